The lowest BCUT2D eigenvalue weighted by atomic mass is 10.1. The summed E-state index contributed by atoms with van der Waals surface area (Å²) in [5.41, 5.74) is -0.154. The van der Waals surface area contributed by atoms with Gasteiger partial charge in [0.2, 0.25) is 0 Å². The standard InChI is InChI=1S/C12H16N4O5/c1-13-11-10(4-8(5-14-11)16(19)20)12(18)15-2-3-21-7-9(15)6-17/h4-5,9,17H,2-3,6-7H2,1H3,(H,13,14). The zero-order chi connectivity index (χ0) is 15.4. The topological polar surface area (TPSA) is 118 Å². The van der Waals surface area contributed by atoms with Crippen molar-refractivity contribution in [1.82, 2.24) is 9.88 Å². The highest BCUT2D eigenvalue weighted by Crippen LogP contribution is 2.22. The average Bonchev–Trinajstić information content (AvgIpc) is 2.53. The molecule has 0 aromatic carbocycles. The molecule has 2 rings (SSSR count). The Morgan fingerprint density at radius 2 is 2.48 bits per heavy atom. The lowest BCUT2D eigenvalue weighted by Crippen LogP contribution is -2.50. The molecule has 0 bridgehead atoms. The van der Waals surface area contributed by atoms with Crippen molar-refractivity contribution in [2.75, 3.05) is 38.7 Å². The van der Waals surface area contributed by atoms with E-state index >= 15 is 0 Å². The number of anilines is 1. The molecule has 1 amide bonds. The summed E-state index contributed by atoms with van der Waals surface area (Å²) in [6.07, 6.45) is 1.09. The van der Waals surface area contributed by atoms with Gasteiger partial charge in [0.05, 0.1) is 36.3 Å². The summed E-state index contributed by atoms with van der Waals surface area (Å²) >= 11 is 0. The highest BCUT2D eigenvalue weighted by Gasteiger charge is 2.30. The first kappa shape index (κ1) is 15.1. The van der Waals surface area contributed by atoms with Crippen LogP contribution in [0.25, 0.3) is 0 Å². The SMILES string of the molecule is CNc1ncc([N+](=O)[O-])cc1C(=O)N1CCOCC1CO. The largest absolute Gasteiger partial charge is 0.394 e. The van der Waals surface area contributed by atoms with Crippen LogP contribution in [0, 0.1) is 10.1 Å². The number of nitrogens with one attached hydrogen (secondary N) is 1. The lowest BCUT2D eigenvalue weighted by Gasteiger charge is -2.34. The molecule has 2 heterocycles. The molecule has 0 saturated carbocycles. The summed E-state index contributed by atoms with van der Waals surface area (Å²) in [4.78, 5) is 28.1. The van der Waals surface area contributed by atoms with E-state index in [0.717, 1.165) is 6.20 Å². The maximum Gasteiger partial charge on any atom is 0.288 e. The Morgan fingerprint density at radius 3 is 3.10 bits per heavy atom. The maximum absolute atomic E-state index is 12.6. The predicted molar refractivity (Wildman–Crippen MR) is 73.2 cm³/mol. The van der Waals surface area contributed by atoms with Gasteiger partial charge in [0.1, 0.15) is 12.0 Å². The number of pyridine rings is 1. The van der Waals surface area contributed by atoms with Crippen molar-refractivity contribution in [1.29, 1.82) is 0 Å². The van der Waals surface area contributed by atoms with Crippen molar-refractivity contribution in [3.63, 3.8) is 0 Å². The summed E-state index contributed by atoms with van der Waals surface area (Å²) in [5, 5.41) is 22.9. The van der Waals surface area contributed by atoms with E-state index in [0.29, 0.717) is 13.2 Å². The van der Waals surface area contributed by atoms with E-state index in [-0.39, 0.29) is 30.3 Å². The van der Waals surface area contributed by atoms with Gasteiger partial charge in [-0.25, -0.2) is 4.98 Å². The molecule has 1 atom stereocenters. The highest BCUT2D eigenvalue weighted by molar-refractivity contribution is 5.99. The Labute approximate surface area is 120 Å². The van der Waals surface area contributed by atoms with Crippen molar-refractivity contribution < 1.29 is 19.6 Å². The van der Waals surface area contributed by atoms with Crippen LogP contribution in [0.3, 0.4) is 0 Å². The fourth-order valence-electron chi connectivity index (χ4n) is 2.14. The van der Waals surface area contributed by atoms with Gasteiger partial charge in [-0.3, -0.25) is 14.9 Å². The van der Waals surface area contributed by atoms with Crippen LogP contribution in [0.2, 0.25) is 0 Å². The third kappa shape index (κ3) is 3.09. The van der Waals surface area contributed by atoms with E-state index < -0.39 is 16.9 Å². The molecule has 1 aliphatic rings. The Morgan fingerprint density at radius 1 is 1.71 bits per heavy atom. The molecule has 114 valence electrons. The van der Waals surface area contributed by atoms with Crippen LogP contribution in [0.15, 0.2) is 12.3 Å². The number of morpholine rings is 1. The number of aliphatic hydroxyl groups excluding tert-OH is 1. The van der Waals surface area contributed by atoms with Crippen LogP contribution in [0.4, 0.5) is 11.5 Å². The van der Waals surface area contributed by atoms with Crippen LogP contribution in [0.5, 0.6) is 0 Å². The number of ether oxygens (including phenoxy) is 1. The number of nitrogens with zero attached hydrogens (tertiary/aromatic N) is 3. The van der Waals surface area contributed by atoms with Crippen LogP contribution in [-0.2, 0) is 4.74 Å². The highest BCUT2D eigenvalue weighted by atomic mass is 16.6. The maximum atomic E-state index is 12.6. The number of hydrogen-bond donors (Lipinski definition) is 2. The Balaban J connectivity index is 2.36. The first-order valence-corrected chi connectivity index (χ1v) is 6.40. The van der Waals surface area contributed by atoms with E-state index in [1.165, 1.54) is 11.0 Å². The van der Waals surface area contributed by atoms with Crippen molar-refractivity contribution in [2.24, 2.45) is 0 Å². The smallest absolute Gasteiger partial charge is 0.288 e. The van der Waals surface area contributed by atoms with E-state index in [4.69, 9.17) is 4.74 Å². The third-order valence-electron chi connectivity index (χ3n) is 3.25. The summed E-state index contributed by atoms with van der Waals surface area (Å²) < 4.78 is 5.21. The minimum absolute atomic E-state index is 0.104. The summed E-state index contributed by atoms with van der Waals surface area (Å²) in [5.74, 6) is -0.160. The second-order valence-corrected chi connectivity index (χ2v) is 4.51. The molecule has 1 unspecified atom stereocenters. The van der Waals surface area contributed by atoms with Gasteiger partial charge in [0.15, 0.2) is 0 Å². The van der Waals surface area contributed by atoms with Gasteiger partial charge in [-0.1, -0.05) is 0 Å². The van der Waals surface area contributed by atoms with Crippen molar-refractivity contribution >= 4 is 17.4 Å². The molecule has 9 nitrogen and oxygen atoms in total. The van der Waals surface area contributed by atoms with Gasteiger partial charge in [0, 0.05) is 19.7 Å². The quantitative estimate of drug-likeness (QED) is 0.586. The average molecular weight is 296 g/mol. The molecule has 1 fully saturated rings. The molecular weight excluding hydrogens is 280 g/mol. The van der Waals surface area contributed by atoms with E-state index in [1.807, 2.05) is 0 Å². The molecule has 1 aromatic rings. The number of aliphatic hydroxyl groups is 1. The number of rotatable bonds is 4. The van der Waals surface area contributed by atoms with Crippen LogP contribution in [0.1, 0.15) is 10.4 Å². The van der Waals surface area contributed by atoms with E-state index in [1.54, 1.807) is 7.05 Å². The van der Waals surface area contributed by atoms with E-state index in [2.05, 4.69) is 10.3 Å². The number of amides is 1. The Bertz CT molecular complexity index is 550. The summed E-state index contributed by atoms with van der Waals surface area (Å²) in [6.45, 7) is 0.678. The van der Waals surface area contributed by atoms with Gasteiger partial charge in [-0.2, -0.15) is 0 Å². The molecular formula is C12H16N4O5. The van der Waals surface area contributed by atoms with Gasteiger partial charge >= 0.3 is 0 Å². The molecule has 1 saturated heterocycles. The molecule has 1 aromatic heterocycles. The number of nitro groups is 1. The van der Waals surface area contributed by atoms with Gasteiger partial charge < -0.3 is 20.1 Å². The molecule has 0 aliphatic carbocycles. The Kier molecular flexibility index (Phi) is 4.66. The second-order valence-electron chi connectivity index (χ2n) is 4.51. The second kappa shape index (κ2) is 6.46. The van der Waals surface area contributed by atoms with Gasteiger partial charge in [0.25, 0.3) is 11.6 Å². The minimum atomic E-state index is -0.605. The molecule has 0 spiro atoms. The van der Waals surface area contributed by atoms with Crippen LogP contribution in [-0.4, -0.2) is 65.3 Å². The first-order valence-electron chi connectivity index (χ1n) is 6.40. The normalized spacial score (nSPS) is 18.4. The van der Waals surface area contributed by atoms with Gasteiger partial charge in [-0.15, -0.1) is 0 Å². The summed E-state index contributed by atoms with van der Waals surface area (Å²) in [6, 6.07) is 0.723. The summed E-state index contributed by atoms with van der Waals surface area (Å²) in [7, 11) is 1.58. The van der Waals surface area contributed by atoms with Crippen LogP contribution >= 0.6 is 0 Å². The number of aromatic nitrogens is 1. The molecule has 2 N–H and O–H groups in total. The van der Waals surface area contributed by atoms with Crippen molar-refractivity contribution in [3.8, 4) is 0 Å². The van der Waals surface area contributed by atoms with Crippen LogP contribution < -0.4 is 5.32 Å². The Hall–Kier alpha value is -2.26. The van der Waals surface area contributed by atoms with Crippen molar-refractivity contribution in [2.45, 2.75) is 6.04 Å². The predicted octanol–water partition coefficient (Wildman–Crippen LogP) is -0.135. The zero-order valence-corrected chi connectivity index (χ0v) is 11.5. The van der Waals surface area contributed by atoms with E-state index in [9.17, 15) is 20.0 Å². The molecule has 1 aliphatic heterocycles. The third-order valence-corrected chi connectivity index (χ3v) is 3.25. The number of carbonyl (C=O) groups is 1. The minimum Gasteiger partial charge on any atom is -0.394 e. The monoisotopic (exact) mass is 296 g/mol. The first-order chi connectivity index (χ1) is 10.1. The fraction of sp³-hybridized carbons (Fsp3) is 0.500. The number of carbonyl (C=O) groups excluding carboxylic acids is 1. The lowest BCUT2D eigenvalue weighted by molar-refractivity contribution is -0.385. The molecule has 9 heteroatoms. The van der Waals surface area contributed by atoms with Gasteiger partial charge in [-0.05, 0) is 0 Å². The molecule has 0 radical (unpaired) electrons. The fourth-order valence-corrected chi connectivity index (χ4v) is 2.14. The number of hydrogen-bond acceptors (Lipinski definition) is 7. The van der Waals surface area contributed by atoms with Crippen molar-refractivity contribution in [3.05, 3.63) is 27.9 Å². The zero-order valence-electron chi connectivity index (χ0n) is 11.5. The molecule has 21 heavy (non-hydrogen) atoms.